The number of likely N-dealkylation sites (N-methyl/N-ethyl adjacent to an activating group) is 1. The fourth-order valence-electron chi connectivity index (χ4n) is 1.30. The van der Waals surface area contributed by atoms with E-state index in [0.717, 1.165) is 8.26 Å². The number of carbonyl (C=O) groups is 2. The molecule has 0 aliphatic heterocycles. The van der Waals surface area contributed by atoms with Gasteiger partial charge in [-0.15, -0.1) is 11.3 Å². The maximum absolute atomic E-state index is 12.1. The molecule has 4 nitrogen and oxygen atoms in total. The second-order valence-corrected chi connectivity index (χ2v) is 7.82. The molecule has 1 N–H and O–H groups in total. The highest BCUT2D eigenvalue weighted by atomic mass is 79.9. The number of hydrogen-bond acceptors (Lipinski definition) is 3. The molecule has 106 valence electrons. The molecule has 1 rings (SSSR count). The van der Waals surface area contributed by atoms with Gasteiger partial charge in [0.25, 0.3) is 5.91 Å². The second kappa shape index (κ2) is 7.40. The Morgan fingerprint density at radius 2 is 2.05 bits per heavy atom. The average molecular weight is 412 g/mol. The number of thiophene rings is 1. The van der Waals surface area contributed by atoms with Gasteiger partial charge in [0.1, 0.15) is 0 Å². The molecular weight excluding hydrogens is 396 g/mol. The molecule has 2 amide bonds. The zero-order valence-electron chi connectivity index (χ0n) is 11.0. The third kappa shape index (κ3) is 5.24. The van der Waals surface area contributed by atoms with Gasteiger partial charge in [0.15, 0.2) is 0 Å². The van der Waals surface area contributed by atoms with Crippen LogP contribution in [0.15, 0.2) is 14.3 Å². The van der Waals surface area contributed by atoms with Crippen molar-refractivity contribution in [3.8, 4) is 0 Å². The molecule has 1 aromatic heterocycles. The SMILES string of the molecule is CC(C)CNC(=O)CN(C)C(=O)c1cc(Br)c(Br)s1. The Kier molecular flexibility index (Phi) is 6.49. The molecule has 1 heterocycles. The molecular formula is C12H16Br2N2O2S. The van der Waals surface area contributed by atoms with E-state index in [1.54, 1.807) is 13.1 Å². The summed E-state index contributed by atoms with van der Waals surface area (Å²) in [5, 5.41) is 2.79. The lowest BCUT2D eigenvalue weighted by molar-refractivity contribution is -0.121. The van der Waals surface area contributed by atoms with E-state index in [4.69, 9.17) is 0 Å². The molecule has 0 aromatic carbocycles. The fraction of sp³-hybridized carbons (Fsp3) is 0.500. The van der Waals surface area contributed by atoms with Crippen LogP contribution in [0, 0.1) is 5.92 Å². The van der Waals surface area contributed by atoms with E-state index in [1.165, 1.54) is 16.2 Å². The summed E-state index contributed by atoms with van der Waals surface area (Å²) in [6.45, 7) is 4.74. The van der Waals surface area contributed by atoms with E-state index in [0.29, 0.717) is 17.3 Å². The highest BCUT2D eigenvalue weighted by molar-refractivity contribution is 9.13. The molecule has 0 aliphatic rings. The minimum atomic E-state index is -0.156. The lowest BCUT2D eigenvalue weighted by atomic mass is 10.2. The van der Waals surface area contributed by atoms with Crippen LogP contribution in [0.2, 0.25) is 0 Å². The van der Waals surface area contributed by atoms with E-state index < -0.39 is 0 Å². The van der Waals surface area contributed by atoms with Crippen molar-refractivity contribution in [1.82, 2.24) is 10.2 Å². The summed E-state index contributed by atoms with van der Waals surface area (Å²) >= 11 is 8.03. The summed E-state index contributed by atoms with van der Waals surface area (Å²) in [5.41, 5.74) is 0. The van der Waals surface area contributed by atoms with Crippen molar-refractivity contribution >= 4 is 55.0 Å². The number of nitrogens with one attached hydrogen (secondary N) is 1. The molecule has 7 heteroatoms. The van der Waals surface area contributed by atoms with Crippen molar-refractivity contribution in [2.24, 2.45) is 5.92 Å². The summed E-state index contributed by atoms with van der Waals surface area (Å²) in [6, 6.07) is 1.75. The minimum Gasteiger partial charge on any atom is -0.354 e. The average Bonchev–Trinajstić information content (AvgIpc) is 2.66. The van der Waals surface area contributed by atoms with Crippen molar-refractivity contribution in [3.05, 3.63) is 19.2 Å². The highest BCUT2D eigenvalue weighted by Gasteiger charge is 2.18. The lowest BCUT2D eigenvalue weighted by Gasteiger charge is -2.16. The van der Waals surface area contributed by atoms with Crippen molar-refractivity contribution in [2.75, 3.05) is 20.1 Å². The summed E-state index contributed by atoms with van der Waals surface area (Å²) < 4.78 is 1.71. The first kappa shape index (κ1) is 16.7. The Balaban J connectivity index is 2.55. The molecule has 0 fully saturated rings. The molecule has 19 heavy (non-hydrogen) atoms. The first-order valence-corrected chi connectivity index (χ1v) is 8.18. The van der Waals surface area contributed by atoms with Crippen LogP contribution >= 0.6 is 43.2 Å². The predicted molar refractivity (Wildman–Crippen MR) is 84.5 cm³/mol. The Morgan fingerprint density at radius 1 is 1.42 bits per heavy atom. The van der Waals surface area contributed by atoms with Crippen LogP contribution in [-0.2, 0) is 4.79 Å². The Hall–Kier alpha value is -0.400. The summed E-state index contributed by atoms with van der Waals surface area (Å²) in [6.07, 6.45) is 0. The zero-order chi connectivity index (χ0) is 14.6. The molecule has 0 bridgehead atoms. The number of hydrogen-bond donors (Lipinski definition) is 1. The van der Waals surface area contributed by atoms with Gasteiger partial charge < -0.3 is 10.2 Å². The number of nitrogens with zero attached hydrogens (tertiary/aromatic N) is 1. The largest absolute Gasteiger partial charge is 0.354 e. The van der Waals surface area contributed by atoms with Gasteiger partial charge >= 0.3 is 0 Å². The van der Waals surface area contributed by atoms with Crippen LogP contribution in [0.1, 0.15) is 23.5 Å². The number of carbonyl (C=O) groups excluding carboxylic acids is 2. The fourth-order valence-corrected chi connectivity index (χ4v) is 3.33. The maximum Gasteiger partial charge on any atom is 0.264 e. The van der Waals surface area contributed by atoms with Gasteiger partial charge in [-0.1, -0.05) is 13.8 Å². The molecule has 1 aromatic rings. The van der Waals surface area contributed by atoms with Crippen molar-refractivity contribution in [2.45, 2.75) is 13.8 Å². The Bertz CT molecular complexity index is 455. The Morgan fingerprint density at radius 3 is 2.53 bits per heavy atom. The smallest absolute Gasteiger partial charge is 0.264 e. The summed E-state index contributed by atoms with van der Waals surface area (Å²) in [4.78, 5) is 25.8. The third-order valence-corrected chi connectivity index (χ3v) is 5.54. The van der Waals surface area contributed by atoms with E-state index in [9.17, 15) is 9.59 Å². The van der Waals surface area contributed by atoms with Gasteiger partial charge in [-0.2, -0.15) is 0 Å². The van der Waals surface area contributed by atoms with Gasteiger partial charge in [-0.3, -0.25) is 9.59 Å². The van der Waals surface area contributed by atoms with Crippen LogP contribution in [0.4, 0.5) is 0 Å². The highest BCUT2D eigenvalue weighted by Crippen LogP contribution is 2.32. The van der Waals surface area contributed by atoms with Crippen LogP contribution in [0.25, 0.3) is 0 Å². The maximum atomic E-state index is 12.1. The summed E-state index contributed by atoms with van der Waals surface area (Å²) in [7, 11) is 1.62. The van der Waals surface area contributed by atoms with Crippen molar-refractivity contribution < 1.29 is 9.59 Å². The molecule has 0 saturated carbocycles. The van der Waals surface area contributed by atoms with Gasteiger partial charge in [-0.05, 0) is 43.8 Å². The van der Waals surface area contributed by atoms with E-state index in [-0.39, 0.29) is 18.4 Å². The molecule has 0 aliphatic carbocycles. The van der Waals surface area contributed by atoms with Crippen molar-refractivity contribution in [3.63, 3.8) is 0 Å². The lowest BCUT2D eigenvalue weighted by Crippen LogP contribution is -2.39. The van der Waals surface area contributed by atoms with Crippen LogP contribution in [-0.4, -0.2) is 36.9 Å². The van der Waals surface area contributed by atoms with Crippen LogP contribution in [0.5, 0.6) is 0 Å². The Labute approximate surface area is 133 Å². The number of rotatable bonds is 5. The van der Waals surface area contributed by atoms with Crippen molar-refractivity contribution in [1.29, 1.82) is 0 Å². The molecule has 0 radical (unpaired) electrons. The zero-order valence-corrected chi connectivity index (χ0v) is 15.0. The quantitative estimate of drug-likeness (QED) is 0.809. The topological polar surface area (TPSA) is 49.4 Å². The summed E-state index contributed by atoms with van der Waals surface area (Å²) in [5.74, 6) is 0.101. The molecule has 0 spiro atoms. The van der Waals surface area contributed by atoms with E-state index >= 15 is 0 Å². The van der Waals surface area contributed by atoms with Gasteiger partial charge in [0.05, 0.1) is 15.2 Å². The van der Waals surface area contributed by atoms with E-state index in [1.807, 2.05) is 13.8 Å². The van der Waals surface area contributed by atoms with Gasteiger partial charge in [0, 0.05) is 18.1 Å². The minimum absolute atomic E-state index is 0.0681. The normalized spacial score (nSPS) is 10.6. The molecule has 0 unspecified atom stereocenters. The van der Waals surface area contributed by atoms with Gasteiger partial charge in [-0.25, -0.2) is 0 Å². The van der Waals surface area contributed by atoms with Crippen LogP contribution in [0.3, 0.4) is 0 Å². The monoisotopic (exact) mass is 410 g/mol. The molecule has 0 atom stereocenters. The number of amides is 2. The predicted octanol–water partition coefficient (Wildman–Crippen LogP) is 3.12. The first-order valence-electron chi connectivity index (χ1n) is 5.78. The molecule has 0 saturated heterocycles. The number of halogens is 2. The van der Waals surface area contributed by atoms with Crippen LogP contribution < -0.4 is 5.32 Å². The van der Waals surface area contributed by atoms with E-state index in [2.05, 4.69) is 37.2 Å². The first-order chi connectivity index (χ1) is 8.81. The second-order valence-electron chi connectivity index (χ2n) is 4.59. The van der Waals surface area contributed by atoms with Gasteiger partial charge in [0.2, 0.25) is 5.91 Å². The standard InChI is InChI=1S/C12H16Br2N2O2S/c1-7(2)5-15-10(17)6-16(3)12(18)9-4-8(13)11(14)19-9/h4,7H,5-6H2,1-3H3,(H,15,17). The third-order valence-electron chi connectivity index (χ3n) is 2.29.